The van der Waals surface area contributed by atoms with Gasteiger partial charge in [0.05, 0.1) is 18.2 Å². The molecule has 1 heterocycles. The predicted molar refractivity (Wildman–Crippen MR) is 92.8 cm³/mol. The maximum absolute atomic E-state index is 12.4. The largest absolute Gasteiger partial charge is 0.467 e. The smallest absolute Gasteiger partial charge is 0.255 e. The van der Waals surface area contributed by atoms with E-state index in [9.17, 15) is 4.79 Å². The number of hydrogen-bond donors (Lipinski definition) is 2. The van der Waals surface area contributed by atoms with Crippen LogP contribution in [0.2, 0.25) is 5.02 Å². The van der Waals surface area contributed by atoms with Crippen molar-refractivity contribution in [3.05, 3.63) is 58.5 Å². The van der Waals surface area contributed by atoms with Crippen LogP contribution in [0.15, 0.2) is 41.0 Å². The Morgan fingerprint density at radius 2 is 2.04 bits per heavy atom. The highest BCUT2D eigenvalue weighted by atomic mass is 35.5. The van der Waals surface area contributed by atoms with Gasteiger partial charge in [-0.25, -0.2) is 0 Å². The third-order valence-corrected chi connectivity index (χ3v) is 4.51. The standard InChI is InChI=1S/C17H19ClN2O2.ClH/c18-14-6-4-12(5-7-14)16(11-2-1-3-11)20-17(21)13-8-15(9-19)22-10-13;/h4-8,10-11,16H,1-3,9,19H2,(H,20,21);1H. The summed E-state index contributed by atoms with van der Waals surface area (Å²) < 4.78 is 5.24. The van der Waals surface area contributed by atoms with Gasteiger partial charge in [-0.05, 0) is 42.5 Å². The van der Waals surface area contributed by atoms with Crippen LogP contribution in [0.3, 0.4) is 0 Å². The number of nitrogens with one attached hydrogen (secondary N) is 1. The Morgan fingerprint density at radius 1 is 1.35 bits per heavy atom. The quantitative estimate of drug-likeness (QED) is 0.849. The fraction of sp³-hybridized carbons (Fsp3) is 0.353. The van der Waals surface area contributed by atoms with Crippen LogP contribution < -0.4 is 11.1 Å². The summed E-state index contributed by atoms with van der Waals surface area (Å²) in [6.07, 6.45) is 4.94. The van der Waals surface area contributed by atoms with Gasteiger partial charge in [-0.15, -0.1) is 12.4 Å². The molecule has 1 amide bonds. The molecule has 1 atom stereocenters. The van der Waals surface area contributed by atoms with Crippen molar-refractivity contribution in [1.82, 2.24) is 5.32 Å². The van der Waals surface area contributed by atoms with Gasteiger partial charge in [-0.3, -0.25) is 4.79 Å². The topological polar surface area (TPSA) is 68.3 Å². The van der Waals surface area contributed by atoms with Crippen LogP contribution in [0.4, 0.5) is 0 Å². The lowest BCUT2D eigenvalue weighted by Gasteiger charge is -2.34. The first-order chi connectivity index (χ1) is 10.7. The molecule has 3 rings (SSSR count). The first kappa shape index (κ1) is 17.9. The number of carbonyl (C=O) groups excluding carboxylic acids is 1. The highest BCUT2D eigenvalue weighted by molar-refractivity contribution is 6.30. The van der Waals surface area contributed by atoms with E-state index in [0.29, 0.717) is 22.3 Å². The van der Waals surface area contributed by atoms with E-state index in [1.165, 1.54) is 12.7 Å². The average molecular weight is 355 g/mol. The van der Waals surface area contributed by atoms with E-state index in [1.807, 2.05) is 24.3 Å². The minimum Gasteiger partial charge on any atom is -0.467 e. The van der Waals surface area contributed by atoms with Crippen molar-refractivity contribution in [2.45, 2.75) is 31.8 Å². The summed E-state index contributed by atoms with van der Waals surface area (Å²) in [6, 6.07) is 9.38. The predicted octanol–water partition coefficient (Wildman–Crippen LogP) is 4.08. The average Bonchev–Trinajstić information content (AvgIpc) is 2.94. The SMILES string of the molecule is Cl.NCc1cc(C(=O)NC(c2ccc(Cl)cc2)C2CCC2)co1. The molecule has 0 saturated heterocycles. The van der Waals surface area contributed by atoms with Gasteiger partial charge in [0, 0.05) is 5.02 Å². The molecule has 0 bridgehead atoms. The second-order valence-corrected chi connectivity index (χ2v) is 6.14. The fourth-order valence-electron chi connectivity index (χ4n) is 2.75. The van der Waals surface area contributed by atoms with Crippen LogP contribution in [-0.2, 0) is 6.54 Å². The van der Waals surface area contributed by atoms with Gasteiger partial charge in [0.25, 0.3) is 5.91 Å². The number of rotatable bonds is 5. The van der Waals surface area contributed by atoms with Gasteiger partial charge in [0.15, 0.2) is 0 Å². The van der Waals surface area contributed by atoms with Gasteiger partial charge in [0.2, 0.25) is 0 Å². The van der Waals surface area contributed by atoms with E-state index in [2.05, 4.69) is 5.32 Å². The van der Waals surface area contributed by atoms with Crippen molar-refractivity contribution in [1.29, 1.82) is 0 Å². The van der Waals surface area contributed by atoms with Gasteiger partial charge < -0.3 is 15.5 Å². The molecule has 1 unspecified atom stereocenters. The highest BCUT2D eigenvalue weighted by Gasteiger charge is 2.30. The molecule has 124 valence electrons. The number of amides is 1. The Kier molecular flexibility index (Phi) is 6.10. The Labute approximate surface area is 146 Å². The molecule has 1 aromatic heterocycles. The van der Waals surface area contributed by atoms with Gasteiger partial charge >= 0.3 is 0 Å². The first-order valence-corrected chi connectivity index (χ1v) is 7.89. The lowest BCUT2D eigenvalue weighted by atomic mass is 9.77. The Morgan fingerprint density at radius 3 is 2.57 bits per heavy atom. The number of halogens is 2. The monoisotopic (exact) mass is 354 g/mol. The molecule has 1 aliphatic rings. The molecule has 0 spiro atoms. The maximum Gasteiger partial charge on any atom is 0.255 e. The normalized spacial score (nSPS) is 15.4. The van der Waals surface area contributed by atoms with Crippen molar-refractivity contribution in [3.8, 4) is 0 Å². The van der Waals surface area contributed by atoms with Crippen molar-refractivity contribution in [2.24, 2.45) is 11.7 Å². The van der Waals surface area contributed by atoms with Gasteiger partial charge in [-0.1, -0.05) is 30.2 Å². The fourth-order valence-corrected chi connectivity index (χ4v) is 2.87. The Hall–Kier alpha value is -1.49. The second kappa shape index (κ2) is 7.86. The van der Waals surface area contributed by atoms with Crippen LogP contribution in [-0.4, -0.2) is 5.91 Å². The van der Waals surface area contributed by atoms with E-state index in [1.54, 1.807) is 6.07 Å². The summed E-state index contributed by atoms with van der Waals surface area (Å²) in [4.78, 5) is 12.4. The van der Waals surface area contributed by atoms with E-state index >= 15 is 0 Å². The number of nitrogens with two attached hydrogens (primary N) is 1. The van der Waals surface area contributed by atoms with Crippen LogP contribution >= 0.6 is 24.0 Å². The lowest BCUT2D eigenvalue weighted by molar-refractivity contribution is 0.0900. The molecule has 23 heavy (non-hydrogen) atoms. The van der Waals surface area contributed by atoms with E-state index in [4.69, 9.17) is 21.8 Å². The first-order valence-electron chi connectivity index (χ1n) is 7.51. The van der Waals surface area contributed by atoms with Crippen LogP contribution in [0, 0.1) is 5.92 Å². The zero-order valence-electron chi connectivity index (χ0n) is 12.6. The van der Waals surface area contributed by atoms with E-state index in [-0.39, 0.29) is 30.9 Å². The number of furan rings is 1. The maximum atomic E-state index is 12.4. The van der Waals surface area contributed by atoms with Crippen LogP contribution in [0.1, 0.15) is 47.0 Å². The number of carbonyl (C=O) groups is 1. The summed E-state index contributed by atoms with van der Waals surface area (Å²) in [5, 5.41) is 3.82. The molecule has 4 nitrogen and oxygen atoms in total. The molecule has 0 aliphatic heterocycles. The molecule has 1 saturated carbocycles. The molecule has 6 heteroatoms. The second-order valence-electron chi connectivity index (χ2n) is 5.70. The van der Waals surface area contributed by atoms with E-state index in [0.717, 1.165) is 18.4 Å². The molecule has 3 N–H and O–H groups in total. The lowest BCUT2D eigenvalue weighted by Crippen LogP contribution is -2.36. The molecular weight excluding hydrogens is 335 g/mol. The number of hydrogen-bond acceptors (Lipinski definition) is 3. The zero-order valence-corrected chi connectivity index (χ0v) is 14.2. The number of benzene rings is 1. The van der Waals surface area contributed by atoms with Gasteiger partial charge in [0.1, 0.15) is 12.0 Å². The molecular formula is C17H20Cl2N2O2. The summed E-state index contributed by atoms with van der Waals surface area (Å²) in [5.74, 6) is 0.957. The summed E-state index contributed by atoms with van der Waals surface area (Å²) in [6.45, 7) is 0.288. The van der Waals surface area contributed by atoms with Crippen LogP contribution in [0.25, 0.3) is 0 Å². The van der Waals surface area contributed by atoms with Crippen molar-refractivity contribution >= 4 is 29.9 Å². The van der Waals surface area contributed by atoms with Crippen LogP contribution in [0.5, 0.6) is 0 Å². The summed E-state index contributed by atoms with van der Waals surface area (Å²) in [7, 11) is 0. The molecule has 1 aromatic carbocycles. The minimum absolute atomic E-state index is 0. The highest BCUT2D eigenvalue weighted by Crippen LogP contribution is 2.38. The third-order valence-electron chi connectivity index (χ3n) is 4.25. The molecule has 1 aliphatic carbocycles. The molecule has 0 radical (unpaired) electrons. The Balaban J connectivity index is 0.00000192. The van der Waals surface area contributed by atoms with Crippen molar-refractivity contribution in [2.75, 3.05) is 0 Å². The zero-order chi connectivity index (χ0) is 15.5. The molecule has 1 fully saturated rings. The Bertz CT molecular complexity index is 651. The third kappa shape index (κ3) is 4.08. The molecule has 2 aromatic rings. The van der Waals surface area contributed by atoms with Crippen molar-refractivity contribution in [3.63, 3.8) is 0 Å². The van der Waals surface area contributed by atoms with E-state index < -0.39 is 0 Å². The van der Waals surface area contributed by atoms with Crippen molar-refractivity contribution < 1.29 is 9.21 Å². The summed E-state index contributed by atoms with van der Waals surface area (Å²) in [5.41, 5.74) is 7.11. The summed E-state index contributed by atoms with van der Waals surface area (Å²) >= 11 is 5.95. The minimum atomic E-state index is -0.129. The van der Waals surface area contributed by atoms with Gasteiger partial charge in [-0.2, -0.15) is 0 Å².